The van der Waals surface area contributed by atoms with E-state index in [-0.39, 0.29) is 11.4 Å². The molecule has 0 aliphatic heterocycles. The summed E-state index contributed by atoms with van der Waals surface area (Å²) in [5.41, 5.74) is 2.43. The Bertz CT molecular complexity index is 1180. The lowest BCUT2D eigenvalue weighted by Gasteiger charge is -2.08. The van der Waals surface area contributed by atoms with Crippen molar-refractivity contribution in [2.75, 3.05) is 6.61 Å². The van der Waals surface area contributed by atoms with Crippen LogP contribution in [0.25, 0.3) is 11.3 Å². The van der Waals surface area contributed by atoms with E-state index in [9.17, 15) is 9.18 Å². The number of carbonyl (C=O) groups is 1. The maximum Gasteiger partial charge on any atom is 0.364 e. The fraction of sp³-hybridized carbons (Fsp3) is 0.541. The standard InChI is InChI=1S/C37H51FN2O3/c1-3-5-7-9-11-12-13-14-16-18-26-42-32-23-21-31(22-24-32)34-28-40-35(29-39-34)37(41)43-36-25-20-30(27-33(36)38)19-17-15-10-8-6-4-2/h20-25,27-29H,3-19,26H2,1-2H3. The first-order valence-corrected chi connectivity index (χ1v) is 16.7. The lowest BCUT2D eigenvalue weighted by Crippen LogP contribution is -2.12. The highest BCUT2D eigenvalue weighted by Crippen LogP contribution is 2.23. The molecule has 3 rings (SSSR count). The number of halogens is 1. The number of rotatable bonds is 22. The van der Waals surface area contributed by atoms with Gasteiger partial charge < -0.3 is 9.47 Å². The smallest absolute Gasteiger partial charge is 0.364 e. The van der Waals surface area contributed by atoms with E-state index in [2.05, 4.69) is 23.8 Å². The van der Waals surface area contributed by atoms with Crippen molar-refractivity contribution in [2.45, 2.75) is 123 Å². The quantitative estimate of drug-likeness (QED) is 0.0662. The first kappa shape index (κ1) is 34.2. The fourth-order valence-electron chi connectivity index (χ4n) is 5.13. The molecule has 0 amide bonds. The molecule has 0 unspecified atom stereocenters. The molecular formula is C37H51FN2O3. The fourth-order valence-corrected chi connectivity index (χ4v) is 5.13. The molecule has 0 saturated carbocycles. The van der Waals surface area contributed by atoms with Crippen LogP contribution in [0.5, 0.6) is 11.5 Å². The van der Waals surface area contributed by atoms with Gasteiger partial charge in [-0.25, -0.2) is 14.2 Å². The van der Waals surface area contributed by atoms with Crippen LogP contribution in [0.2, 0.25) is 0 Å². The molecule has 3 aromatic rings. The third kappa shape index (κ3) is 13.3. The van der Waals surface area contributed by atoms with E-state index in [1.807, 2.05) is 30.3 Å². The van der Waals surface area contributed by atoms with E-state index in [0.717, 1.165) is 49.2 Å². The zero-order valence-corrected chi connectivity index (χ0v) is 26.4. The molecule has 0 aliphatic rings. The minimum absolute atomic E-state index is 0.0238. The molecule has 0 atom stereocenters. The van der Waals surface area contributed by atoms with Crippen LogP contribution in [0, 0.1) is 5.82 Å². The van der Waals surface area contributed by atoms with Gasteiger partial charge in [-0.3, -0.25) is 4.98 Å². The number of carbonyl (C=O) groups excluding carboxylic acids is 1. The monoisotopic (exact) mass is 590 g/mol. The Labute approximate surface area is 258 Å². The predicted molar refractivity (Wildman–Crippen MR) is 173 cm³/mol. The molecule has 43 heavy (non-hydrogen) atoms. The number of benzene rings is 2. The Morgan fingerprint density at radius 1 is 0.698 bits per heavy atom. The molecule has 0 aliphatic carbocycles. The van der Waals surface area contributed by atoms with Crippen LogP contribution in [0.15, 0.2) is 54.9 Å². The molecule has 0 bridgehead atoms. The molecular weight excluding hydrogens is 539 g/mol. The van der Waals surface area contributed by atoms with Crippen molar-refractivity contribution < 1.29 is 18.7 Å². The van der Waals surface area contributed by atoms with Crippen molar-refractivity contribution in [3.8, 4) is 22.8 Å². The molecule has 5 nitrogen and oxygen atoms in total. The van der Waals surface area contributed by atoms with Gasteiger partial charge in [-0.2, -0.15) is 0 Å². The van der Waals surface area contributed by atoms with Gasteiger partial charge in [0.1, 0.15) is 5.75 Å². The minimum Gasteiger partial charge on any atom is -0.494 e. The lowest BCUT2D eigenvalue weighted by atomic mass is 10.0. The Morgan fingerprint density at radius 3 is 1.88 bits per heavy atom. The molecule has 0 fully saturated rings. The summed E-state index contributed by atoms with van der Waals surface area (Å²) < 4.78 is 25.8. The lowest BCUT2D eigenvalue weighted by molar-refractivity contribution is 0.0721. The summed E-state index contributed by atoms with van der Waals surface area (Å²) in [6, 6.07) is 12.5. The number of ether oxygens (including phenoxy) is 2. The highest BCUT2D eigenvalue weighted by atomic mass is 19.1. The molecule has 0 radical (unpaired) electrons. The van der Waals surface area contributed by atoms with Crippen LogP contribution in [0.4, 0.5) is 4.39 Å². The number of aryl methyl sites for hydroxylation is 1. The SMILES string of the molecule is CCCCCCCCCCCCOc1ccc(-c2cnc(C(=O)Oc3ccc(CCCCCCCC)cc3F)cn2)cc1. The zero-order valence-electron chi connectivity index (χ0n) is 26.4. The largest absolute Gasteiger partial charge is 0.494 e. The topological polar surface area (TPSA) is 61.3 Å². The Balaban J connectivity index is 1.37. The summed E-state index contributed by atoms with van der Waals surface area (Å²) in [7, 11) is 0. The third-order valence-corrected chi connectivity index (χ3v) is 7.80. The van der Waals surface area contributed by atoms with Gasteiger partial charge in [-0.15, -0.1) is 0 Å². The van der Waals surface area contributed by atoms with Crippen LogP contribution >= 0.6 is 0 Å². The van der Waals surface area contributed by atoms with Gasteiger partial charge in [-0.05, 0) is 61.2 Å². The Morgan fingerprint density at radius 2 is 1.30 bits per heavy atom. The number of aromatic nitrogens is 2. The number of hydrogen-bond acceptors (Lipinski definition) is 5. The van der Waals surface area contributed by atoms with Crippen molar-refractivity contribution in [1.29, 1.82) is 0 Å². The van der Waals surface area contributed by atoms with Crippen LogP contribution in [-0.4, -0.2) is 22.5 Å². The second-order valence-corrected chi connectivity index (χ2v) is 11.5. The highest BCUT2D eigenvalue weighted by molar-refractivity contribution is 5.88. The number of esters is 1. The molecule has 0 saturated heterocycles. The van der Waals surface area contributed by atoms with E-state index in [4.69, 9.17) is 9.47 Å². The molecule has 2 aromatic carbocycles. The minimum atomic E-state index is -0.739. The molecule has 0 N–H and O–H groups in total. The Kier molecular flexibility index (Phi) is 16.4. The molecule has 0 spiro atoms. The molecule has 1 aromatic heterocycles. The maximum absolute atomic E-state index is 14.6. The van der Waals surface area contributed by atoms with Gasteiger partial charge in [0.25, 0.3) is 0 Å². The zero-order chi connectivity index (χ0) is 30.5. The van der Waals surface area contributed by atoms with Crippen LogP contribution in [0.1, 0.15) is 133 Å². The summed E-state index contributed by atoms with van der Waals surface area (Å²) in [6.07, 6.45) is 23.9. The van der Waals surface area contributed by atoms with E-state index in [0.29, 0.717) is 5.69 Å². The summed E-state index contributed by atoms with van der Waals surface area (Å²) in [6.45, 7) is 5.18. The number of unbranched alkanes of at least 4 members (excludes halogenated alkanes) is 14. The molecule has 234 valence electrons. The van der Waals surface area contributed by atoms with E-state index >= 15 is 0 Å². The molecule has 6 heteroatoms. The number of nitrogens with zero attached hydrogens (tertiary/aromatic N) is 2. The van der Waals surface area contributed by atoms with E-state index in [1.165, 1.54) is 108 Å². The summed E-state index contributed by atoms with van der Waals surface area (Å²) >= 11 is 0. The van der Waals surface area contributed by atoms with Gasteiger partial charge in [0.05, 0.1) is 24.7 Å². The van der Waals surface area contributed by atoms with E-state index < -0.39 is 11.8 Å². The van der Waals surface area contributed by atoms with Gasteiger partial charge >= 0.3 is 5.97 Å². The van der Waals surface area contributed by atoms with Crippen LogP contribution in [0.3, 0.4) is 0 Å². The average Bonchev–Trinajstić information content (AvgIpc) is 3.03. The average molecular weight is 591 g/mol. The van der Waals surface area contributed by atoms with Gasteiger partial charge in [0, 0.05) is 5.56 Å². The first-order chi connectivity index (χ1) is 21.1. The summed E-state index contributed by atoms with van der Waals surface area (Å²) in [5, 5.41) is 0. The van der Waals surface area contributed by atoms with Gasteiger partial charge in [0.15, 0.2) is 17.3 Å². The Hall–Kier alpha value is -3.28. The van der Waals surface area contributed by atoms with Crippen LogP contribution in [-0.2, 0) is 6.42 Å². The van der Waals surface area contributed by atoms with Crippen molar-refractivity contribution >= 4 is 5.97 Å². The van der Waals surface area contributed by atoms with Crippen molar-refractivity contribution in [3.05, 3.63) is 71.9 Å². The second-order valence-electron chi connectivity index (χ2n) is 11.5. The summed E-state index contributed by atoms with van der Waals surface area (Å²) in [5.74, 6) is -0.557. The van der Waals surface area contributed by atoms with Gasteiger partial charge in [-0.1, -0.05) is 110 Å². The van der Waals surface area contributed by atoms with Crippen molar-refractivity contribution in [1.82, 2.24) is 9.97 Å². The third-order valence-electron chi connectivity index (χ3n) is 7.80. The summed E-state index contributed by atoms with van der Waals surface area (Å²) in [4.78, 5) is 21.2. The van der Waals surface area contributed by atoms with E-state index in [1.54, 1.807) is 0 Å². The molecule has 1 heterocycles. The van der Waals surface area contributed by atoms with Crippen molar-refractivity contribution in [3.63, 3.8) is 0 Å². The second kappa shape index (κ2) is 20.6. The highest BCUT2D eigenvalue weighted by Gasteiger charge is 2.15. The number of hydrogen-bond donors (Lipinski definition) is 0. The van der Waals surface area contributed by atoms with Crippen molar-refractivity contribution in [2.24, 2.45) is 0 Å². The van der Waals surface area contributed by atoms with Crippen LogP contribution < -0.4 is 9.47 Å². The normalized spacial score (nSPS) is 11.0. The predicted octanol–water partition coefficient (Wildman–Crippen LogP) is 10.7. The maximum atomic E-state index is 14.6. The first-order valence-electron chi connectivity index (χ1n) is 16.7. The van der Waals surface area contributed by atoms with Gasteiger partial charge in [0.2, 0.25) is 0 Å².